The summed E-state index contributed by atoms with van der Waals surface area (Å²) in [7, 11) is 3.38. The van der Waals surface area contributed by atoms with Crippen LogP contribution in [0.3, 0.4) is 0 Å². The summed E-state index contributed by atoms with van der Waals surface area (Å²) in [5, 5.41) is 17.8. The van der Waals surface area contributed by atoms with Gasteiger partial charge in [-0.25, -0.2) is 4.79 Å². The zero-order valence-electron chi connectivity index (χ0n) is 13.5. The highest BCUT2D eigenvalue weighted by Crippen LogP contribution is 2.23. The molecule has 2 aromatic rings. The largest absolute Gasteiger partial charge is 0.323 e. The number of hydrogen-bond acceptors (Lipinski definition) is 4. The number of aromatic nitrogens is 2. The third-order valence-electron chi connectivity index (χ3n) is 3.70. The summed E-state index contributed by atoms with van der Waals surface area (Å²) in [6.45, 7) is 3.65. The van der Waals surface area contributed by atoms with Crippen LogP contribution in [0, 0.1) is 17.0 Å². The minimum atomic E-state index is -0.450. The maximum atomic E-state index is 12.3. The maximum absolute atomic E-state index is 12.3. The fourth-order valence-corrected chi connectivity index (χ4v) is 2.22. The van der Waals surface area contributed by atoms with E-state index in [0.29, 0.717) is 11.4 Å². The first-order valence-corrected chi connectivity index (χ1v) is 7.08. The van der Waals surface area contributed by atoms with Gasteiger partial charge in [-0.15, -0.1) is 0 Å². The number of amides is 2. The Hall–Kier alpha value is -2.90. The van der Waals surface area contributed by atoms with Crippen molar-refractivity contribution < 1.29 is 9.72 Å². The van der Waals surface area contributed by atoms with Crippen LogP contribution in [0.4, 0.5) is 16.3 Å². The van der Waals surface area contributed by atoms with Gasteiger partial charge in [-0.05, 0) is 19.4 Å². The Morgan fingerprint density at radius 1 is 1.43 bits per heavy atom. The Bertz CT molecular complexity index is 740. The number of carbonyl (C=O) groups is 1. The molecule has 0 saturated carbocycles. The highest BCUT2D eigenvalue weighted by atomic mass is 16.6. The molecule has 1 aromatic heterocycles. The Morgan fingerprint density at radius 2 is 2.13 bits per heavy atom. The molecule has 0 aliphatic heterocycles. The van der Waals surface area contributed by atoms with Gasteiger partial charge in [0.15, 0.2) is 0 Å². The molecule has 0 fully saturated rings. The van der Waals surface area contributed by atoms with Gasteiger partial charge in [0.25, 0.3) is 5.69 Å². The molecule has 8 heteroatoms. The molecule has 2 rings (SSSR count). The van der Waals surface area contributed by atoms with E-state index in [2.05, 4.69) is 10.4 Å². The standard InChI is InChI=1S/C15H19N5O3/c1-10-8-14(19(4)17-10)16-15(21)18(3)11(2)12-6-5-7-13(9-12)20(22)23/h5-9,11H,1-4H3,(H,16,21)/t11-/m0/s1. The summed E-state index contributed by atoms with van der Waals surface area (Å²) in [5.41, 5.74) is 1.50. The van der Waals surface area contributed by atoms with Gasteiger partial charge in [0.1, 0.15) is 5.82 Å². The maximum Gasteiger partial charge on any atom is 0.323 e. The number of nitro benzene ring substituents is 1. The molecule has 2 amide bonds. The van der Waals surface area contributed by atoms with Crippen LogP contribution in [-0.4, -0.2) is 32.7 Å². The zero-order valence-corrected chi connectivity index (χ0v) is 13.5. The van der Waals surface area contributed by atoms with Gasteiger partial charge in [0.2, 0.25) is 0 Å². The van der Waals surface area contributed by atoms with Crippen molar-refractivity contribution in [2.45, 2.75) is 19.9 Å². The van der Waals surface area contributed by atoms with Crippen LogP contribution < -0.4 is 5.32 Å². The minimum absolute atomic E-state index is 0.00502. The summed E-state index contributed by atoms with van der Waals surface area (Å²) < 4.78 is 1.58. The molecule has 0 aliphatic carbocycles. The molecule has 0 aliphatic rings. The minimum Gasteiger partial charge on any atom is -0.321 e. The number of nitrogens with zero attached hydrogens (tertiary/aromatic N) is 4. The topological polar surface area (TPSA) is 93.3 Å². The van der Waals surface area contributed by atoms with E-state index in [4.69, 9.17) is 0 Å². The number of carbonyl (C=O) groups excluding carboxylic acids is 1. The van der Waals surface area contributed by atoms with Crippen molar-refractivity contribution in [2.24, 2.45) is 7.05 Å². The summed E-state index contributed by atoms with van der Waals surface area (Å²) in [6, 6.07) is 7.41. The lowest BCUT2D eigenvalue weighted by Gasteiger charge is -2.25. The Balaban J connectivity index is 2.14. The average Bonchev–Trinajstić information content (AvgIpc) is 2.83. The van der Waals surface area contributed by atoms with E-state index < -0.39 is 4.92 Å². The Kier molecular flexibility index (Phi) is 4.63. The molecule has 1 atom stereocenters. The van der Waals surface area contributed by atoms with Crippen molar-refractivity contribution in [3.05, 3.63) is 51.7 Å². The molecule has 0 spiro atoms. The lowest BCUT2D eigenvalue weighted by atomic mass is 10.1. The van der Waals surface area contributed by atoms with Crippen molar-refractivity contribution in [3.63, 3.8) is 0 Å². The van der Waals surface area contributed by atoms with E-state index in [-0.39, 0.29) is 17.8 Å². The third-order valence-corrected chi connectivity index (χ3v) is 3.70. The Labute approximate surface area is 133 Å². The lowest BCUT2D eigenvalue weighted by molar-refractivity contribution is -0.384. The molecule has 0 unspecified atom stereocenters. The van der Waals surface area contributed by atoms with E-state index in [1.165, 1.54) is 17.0 Å². The molecule has 1 N–H and O–H groups in total. The lowest BCUT2D eigenvalue weighted by Crippen LogP contribution is -2.34. The van der Waals surface area contributed by atoms with Crippen LogP contribution in [0.1, 0.15) is 24.2 Å². The van der Waals surface area contributed by atoms with Crippen LogP contribution in [0.15, 0.2) is 30.3 Å². The van der Waals surface area contributed by atoms with Gasteiger partial charge in [0.05, 0.1) is 16.7 Å². The fraction of sp³-hybridized carbons (Fsp3) is 0.333. The molecule has 8 nitrogen and oxygen atoms in total. The van der Waals surface area contributed by atoms with Crippen molar-refractivity contribution in [2.75, 3.05) is 12.4 Å². The number of urea groups is 1. The normalized spacial score (nSPS) is 11.8. The predicted octanol–water partition coefficient (Wildman–Crippen LogP) is 2.86. The molecule has 122 valence electrons. The van der Waals surface area contributed by atoms with Crippen molar-refractivity contribution in [1.82, 2.24) is 14.7 Å². The molecule has 1 aromatic carbocycles. The summed E-state index contributed by atoms with van der Waals surface area (Å²) in [4.78, 5) is 24.2. The smallest absolute Gasteiger partial charge is 0.321 e. The van der Waals surface area contributed by atoms with Crippen molar-refractivity contribution >= 4 is 17.5 Å². The molecular formula is C15H19N5O3. The zero-order chi connectivity index (χ0) is 17.1. The third kappa shape index (κ3) is 3.65. The number of rotatable bonds is 4. The number of non-ortho nitro benzene ring substituents is 1. The van der Waals surface area contributed by atoms with Crippen LogP contribution in [0.5, 0.6) is 0 Å². The summed E-state index contributed by atoms with van der Waals surface area (Å²) >= 11 is 0. The molecular weight excluding hydrogens is 298 g/mol. The van der Waals surface area contributed by atoms with E-state index in [1.54, 1.807) is 37.0 Å². The first kappa shape index (κ1) is 16.5. The number of nitrogens with one attached hydrogen (secondary N) is 1. The summed E-state index contributed by atoms with van der Waals surface area (Å²) in [6.07, 6.45) is 0. The van der Waals surface area contributed by atoms with Gasteiger partial charge in [-0.3, -0.25) is 20.1 Å². The fourth-order valence-electron chi connectivity index (χ4n) is 2.22. The van der Waals surface area contributed by atoms with E-state index in [0.717, 1.165) is 5.69 Å². The molecule has 0 bridgehead atoms. The molecule has 0 radical (unpaired) electrons. The number of benzene rings is 1. The summed E-state index contributed by atoms with van der Waals surface area (Å²) in [5.74, 6) is 0.589. The van der Waals surface area contributed by atoms with E-state index in [9.17, 15) is 14.9 Å². The molecule has 23 heavy (non-hydrogen) atoms. The van der Waals surface area contributed by atoms with E-state index in [1.807, 2.05) is 13.8 Å². The predicted molar refractivity (Wildman–Crippen MR) is 86.2 cm³/mol. The van der Waals surface area contributed by atoms with Crippen LogP contribution >= 0.6 is 0 Å². The molecule has 0 saturated heterocycles. The SMILES string of the molecule is Cc1cc(NC(=O)N(C)[C@@H](C)c2cccc([N+](=O)[O-])c2)n(C)n1. The number of aryl methyl sites for hydroxylation is 2. The van der Waals surface area contributed by atoms with Crippen LogP contribution in [0.2, 0.25) is 0 Å². The van der Waals surface area contributed by atoms with Gasteiger partial charge < -0.3 is 4.90 Å². The Morgan fingerprint density at radius 3 is 2.70 bits per heavy atom. The second-order valence-corrected chi connectivity index (χ2v) is 5.36. The monoisotopic (exact) mass is 317 g/mol. The molecule has 1 heterocycles. The van der Waals surface area contributed by atoms with Gasteiger partial charge in [-0.1, -0.05) is 12.1 Å². The second-order valence-electron chi connectivity index (χ2n) is 5.36. The first-order chi connectivity index (χ1) is 10.8. The van der Waals surface area contributed by atoms with Gasteiger partial charge in [-0.2, -0.15) is 5.10 Å². The highest BCUT2D eigenvalue weighted by Gasteiger charge is 2.20. The van der Waals surface area contributed by atoms with E-state index >= 15 is 0 Å². The van der Waals surface area contributed by atoms with Gasteiger partial charge in [0, 0.05) is 32.3 Å². The number of hydrogen-bond donors (Lipinski definition) is 1. The highest BCUT2D eigenvalue weighted by molar-refractivity contribution is 5.88. The quantitative estimate of drug-likeness (QED) is 0.693. The number of anilines is 1. The number of nitro groups is 1. The van der Waals surface area contributed by atoms with Gasteiger partial charge >= 0.3 is 6.03 Å². The van der Waals surface area contributed by atoms with Crippen LogP contribution in [-0.2, 0) is 7.05 Å². The van der Waals surface area contributed by atoms with Crippen LogP contribution in [0.25, 0.3) is 0 Å². The first-order valence-electron chi connectivity index (χ1n) is 7.08. The van der Waals surface area contributed by atoms with Crippen molar-refractivity contribution in [3.8, 4) is 0 Å². The van der Waals surface area contributed by atoms with Crippen molar-refractivity contribution in [1.29, 1.82) is 0 Å². The average molecular weight is 317 g/mol. The second kappa shape index (κ2) is 6.47.